The van der Waals surface area contributed by atoms with Crippen LogP contribution in [0.5, 0.6) is 0 Å². The summed E-state index contributed by atoms with van der Waals surface area (Å²) in [6.07, 6.45) is 7.72. The number of hydrogen-bond donors (Lipinski definition) is 1. The van der Waals surface area contributed by atoms with E-state index in [1.165, 1.54) is 0 Å². The highest BCUT2D eigenvalue weighted by Crippen LogP contribution is 2.32. The van der Waals surface area contributed by atoms with Gasteiger partial charge in [0.15, 0.2) is 5.65 Å². The average Bonchev–Trinajstić information content (AvgIpc) is 3.17. The lowest BCUT2D eigenvalue weighted by Gasteiger charge is -2.23. The van der Waals surface area contributed by atoms with Crippen LogP contribution in [0.4, 0.5) is 0 Å². The Balaban J connectivity index is 0.00000210. The Hall–Kier alpha value is -3.52. The van der Waals surface area contributed by atoms with Gasteiger partial charge >= 0.3 is 0 Å². The molecule has 0 saturated heterocycles. The van der Waals surface area contributed by atoms with Gasteiger partial charge in [0.05, 0.1) is 17.7 Å². The molecule has 0 fully saturated rings. The normalized spacial score (nSPS) is 13.2. The first kappa shape index (κ1) is 16.0. The third-order valence-corrected chi connectivity index (χ3v) is 4.69. The van der Waals surface area contributed by atoms with E-state index in [0.717, 1.165) is 33.3 Å². The topological polar surface area (TPSA) is 78.2 Å². The highest BCUT2D eigenvalue weighted by Gasteiger charge is 2.27. The molecule has 0 radical (unpaired) electrons. The number of hydrogen-bond acceptors (Lipinski definition) is 4. The maximum Gasteiger partial charge on any atom is 0.155 e. The summed E-state index contributed by atoms with van der Waals surface area (Å²) in [5.74, 6) is 0. The van der Waals surface area contributed by atoms with E-state index >= 15 is 0 Å². The first-order valence-electron chi connectivity index (χ1n) is 8.39. The Labute approximate surface area is 152 Å². The predicted molar refractivity (Wildman–Crippen MR) is 102 cm³/mol. The van der Waals surface area contributed by atoms with Crippen molar-refractivity contribution >= 4 is 11.0 Å². The van der Waals surface area contributed by atoms with Crippen LogP contribution in [-0.2, 0) is 11.8 Å². The van der Waals surface area contributed by atoms with Gasteiger partial charge in [0.1, 0.15) is 0 Å². The van der Waals surface area contributed by atoms with Crippen LogP contribution < -0.4 is 0 Å². The Kier molecular flexibility index (Phi) is 3.94. The molecule has 1 N–H and O–H groups in total. The monoisotopic (exact) mass is 341 g/mol. The fraction of sp³-hybridized carbons (Fsp3) is 0.143. The first-order valence-corrected chi connectivity index (χ1v) is 8.39. The molecule has 26 heavy (non-hydrogen) atoms. The van der Waals surface area contributed by atoms with Crippen LogP contribution in [0.1, 0.15) is 19.5 Å². The lowest BCUT2D eigenvalue weighted by molar-refractivity contribution is 0.605. The summed E-state index contributed by atoms with van der Waals surface area (Å²) in [4.78, 5) is 8.46. The molecular weight excluding hydrogens is 322 g/mol. The van der Waals surface area contributed by atoms with Gasteiger partial charge in [-0.1, -0.05) is 24.3 Å². The Morgan fingerprint density at radius 3 is 2.88 bits per heavy atom. The number of aromatic nitrogens is 4. The van der Waals surface area contributed by atoms with Crippen molar-refractivity contribution in [3.8, 4) is 17.2 Å². The number of fused-ring (bicyclic) bond motifs is 1. The van der Waals surface area contributed by atoms with Crippen LogP contribution in [0.2, 0.25) is 0 Å². The van der Waals surface area contributed by atoms with E-state index in [4.69, 9.17) is 0 Å². The third-order valence-electron chi connectivity index (χ3n) is 4.69. The molecule has 4 rings (SSSR count). The zero-order chi connectivity index (χ0) is 18.0. The van der Waals surface area contributed by atoms with Crippen LogP contribution >= 0.6 is 0 Å². The number of nitrogens with one attached hydrogen (secondary N) is 1. The molecule has 0 aliphatic rings. The number of nitrogens with zero attached hydrogens (tertiary/aromatic N) is 4. The van der Waals surface area contributed by atoms with Crippen LogP contribution in [0.15, 0.2) is 67.3 Å². The molecule has 0 aliphatic heterocycles. The number of pyridine rings is 2. The van der Waals surface area contributed by atoms with Crippen molar-refractivity contribution in [2.24, 2.45) is 0 Å². The molecule has 0 spiro atoms. The van der Waals surface area contributed by atoms with Crippen molar-refractivity contribution in [2.75, 3.05) is 0 Å². The van der Waals surface area contributed by atoms with E-state index in [2.05, 4.69) is 32.3 Å². The summed E-state index contributed by atoms with van der Waals surface area (Å²) in [7, 11) is 0. The molecule has 5 heteroatoms. The molecule has 5 nitrogen and oxygen atoms in total. The third kappa shape index (κ3) is 2.82. The summed E-state index contributed by atoms with van der Waals surface area (Å²) < 4.78 is 0. The summed E-state index contributed by atoms with van der Waals surface area (Å²) in [6, 6.07) is 16.5. The standard InChI is InChI=1S/C21H17N5.H2/c1-21(14-22,11-15-4-3-8-23-12-15)17-6-2-5-16(10-17)18-7-9-24-20-19(18)13-25-26-20;/h2-10,12-13H,11H2,1H3,(H,24,25,26);1H. The van der Waals surface area contributed by atoms with Crippen molar-refractivity contribution in [1.82, 2.24) is 20.2 Å². The number of benzene rings is 1. The van der Waals surface area contributed by atoms with Gasteiger partial charge in [-0.15, -0.1) is 0 Å². The minimum absolute atomic E-state index is 0. The van der Waals surface area contributed by atoms with Gasteiger partial charge in [0, 0.05) is 25.4 Å². The number of nitriles is 1. The van der Waals surface area contributed by atoms with Gasteiger partial charge in [-0.25, -0.2) is 4.98 Å². The van der Waals surface area contributed by atoms with E-state index < -0.39 is 5.41 Å². The molecular formula is C21H19N5. The summed E-state index contributed by atoms with van der Waals surface area (Å²) in [5.41, 5.74) is 4.24. The van der Waals surface area contributed by atoms with Crippen LogP contribution in [0.3, 0.4) is 0 Å². The molecule has 1 aromatic carbocycles. The van der Waals surface area contributed by atoms with E-state index in [0.29, 0.717) is 6.42 Å². The highest BCUT2D eigenvalue weighted by atomic mass is 15.1. The molecule has 0 aliphatic carbocycles. The molecule has 0 saturated carbocycles. The second kappa shape index (κ2) is 6.41. The van der Waals surface area contributed by atoms with Crippen molar-refractivity contribution in [2.45, 2.75) is 18.8 Å². The molecule has 0 bridgehead atoms. The van der Waals surface area contributed by atoms with Crippen molar-refractivity contribution in [3.05, 3.63) is 78.4 Å². The van der Waals surface area contributed by atoms with E-state index in [9.17, 15) is 5.26 Å². The highest BCUT2D eigenvalue weighted by molar-refractivity contribution is 5.92. The molecule has 3 heterocycles. The van der Waals surface area contributed by atoms with Gasteiger partial charge in [-0.05, 0) is 53.8 Å². The molecule has 1 atom stereocenters. The zero-order valence-corrected chi connectivity index (χ0v) is 14.3. The summed E-state index contributed by atoms with van der Waals surface area (Å²) >= 11 is 0. The van der Waals surface area contributed by atoms with Crippen LogP contribution in [-0.4, -0.2) is 20.2 Å². The van der Waals surface area contributed by atoms with Gasteiger partial charge in [-0.2, -0.15) is 10.4 Å². The largest absolute Gasteiger partial charge is 0.264 e. The van der Waals surface area contributed by atoms with Gasteiger partial charge in [0.25, 0.3) is 0 Å². The fourth-order valence-corrected chi connectivity index (χ4v) is 3.25. The molecule has 3 aromatic heterocycles. The van der Waals surface area contributed by atoms with Gasteiger partial charge in [-0.3, -0.25) is 10.1 Å². The van der Waals surface area contributed by atoms with Gasteiger partial charge < -0.3 is 0 Å². The van der Waals surface area contributed by atoms with Gasteiger partial charge in [0.2, 0.25) is 0 Å². The van der Waals surface area contributed by atoms with Crippen LogP contribution in [0.25, 0.3) is 22.2 Å². The lowest BCUT2D eigenvalue weighted by Crippen LogP contribution is -2.23. The Morgan fingerprint density at radius 1 is 1.15 bits per heavy atom. The summed E-state index contributed by atoms with van der Waals surface area (Å²) in [6.45, 7) is 1.97. The first-order chi connectivity index (χ1) is 12.7. The van der Waals surface area contributed by atoms with Crippen molar-refractivity contribution in [1.29, 1.82) is 5.26 Å². The van der Waals surface area contributed by atoms with Crippen molar-refractivity contribution < 1.29 is 1.43 Å². The number of aromatic amines is 1. The maximum absolute atomic E-state index is 9.90. The average molecular weight is 341 g/mol. The zero-order valence-electron chi connectivity index (χ0n) is 14.3. The van der Waals surface area contributed by atoms with E-state index in [1.54, 1.807) is 18.6 Å². The van der Waals surface area contributed by atoms with Crippen LogP contribution in [0, 0.1) is 11.3 Å². The smallest absolute Gasteiger partial charge is 0.155 e. The minimum Gasteiger partial charge on any atom is -0.264 e. The van der Waals surface area contributed by atoms with Crippen molar-refractivity contribution in [3.63, 3.8) is 0 Å². The molecule has 4 aromatic rings. The number of rotatable bonds is 4. The predicted octanol–water partition coefficient (Wildman–Crippen LogP) is 4.29. The lowest BCUT2D eigenvalue weighted by atomic mass is 9.78. The summed E-state index contributed by atoms with van der Waals surface area (Å²) in [5, 5.41) is 17.9. The molecule has 128 valence electrons. The maximum atomic E-state index is 9.90. The minimum atomic E-state index is -0.637. The Morgan fingerprint density at radius 2 is 2.08 bits per heavy atom. The van der Waals surface area contributed by atoms with E-state index in [-0.39, 0.29) is 1.43 Å². The Bertz CT molecular complexity index is 1100. The SMILES string of the molecule is CC(C#N)(Cc1cccnc1)c1cccc(-c2ccnc3[nH]ncc23)c1.[HH]. The quantitative estimate of drug-likeness (QED) is 0.600. The second-order valence-electron chi connectivity index (χ2n) is 6.55. The molecule has 1 unspecified atom stereocenters. The van der Waals surface area contributed by atoms with E-state index in [1.807, 2.05) is 49.5 Å². The second-order valence-corrected chi connectivity index (χ2v) is 6.55. The number of H-pyrrole nitrogens is 1. The fourth-order valence-electron chi connectivity index (χ4n) is 3.25. The molecule has 0 amide bonds.